The Hall–Kier alpha value is -3.69. The van der Waals surface area contributed by atoms with Gasteiger partial charge in [-0.3, -0.25) is 4.79 Å². The molecule has 4 heterocycles. The van der Waals surface area contributed by atoms with Crippen LogP contribution in [-0.4, -0.2) is 37.1 Å². The lowest BCUT2D eigenvalue weighted by Gasteiger charge is -2.22. The van der Waals surface area contributed by atoms with E-state index in [4.69, 9.17) is 4.52 Å². The van der Waals surface area contributed by atoms with E-state index >= 15 is 0 Å². The maximum atomic E-state index is 13.9. The highest BCUT2D eigenvalue weighted by molar-refractivity contribution is 6.00. The number of carbonyl (C=O) groups excluding carboxylic acids is 1. The van der Waals surface area contributed by atoms with Crippen LogP contribution < -0.4 is 0 Å². The first-order valence-electron chi connectivity index (χ1n) is 11.0. The molecule has 7 nitrogen and oxygen atoms in total. The predicted molar refractivity (Wildman–Crippen MR) is 117 cm³/mol. The molecule has 0 N–H and O–H groups in total. The number of hydrogen-bond donors (Lipinski definition) is 0. The Labute approximate surface area is 193 Å². The van der Waals surface area contributed by atoms with Gasteiger partial charge < -0.3 is 9.42 Å². The summed E-state index contributed by atoms with van der Waals surface area (Å²) in [5.41, 5.74) is 0.296. The van der Waals surface area contributed by atoms with Crippen molar-refractivity contribution in [3.05, 3.63) is 71.4 Å². The van der Waals surface area contributed by atoms with Gasteiger partial charge in [-0.05, 0) is 24.8 Å². The molecule has 0 unspecified atom stereocenters. The van der Waals surface area contributed by atoms with Crippen molar-refractivity contribution in [1.29, 1.82) is 0 Å². The van der Waals surface area contributed by atoms with E-state index in [1.54, 1.807) is 35.2 Å². The molecule has 5 rings (SSSR count). The molecule has 1 aliphatic heterocycles. The quantitative estimate of drug-likeness (QED) is 0.394. The van der Waals surface area contributed by atoms with Gasteiger partial charge >= 0.3 is 6.18 Å². The van der Waals surface area contributed by atoms with Crippen molar-refractivity contribution in [2.75, 3.05) is 6.54 Å². The molecular formula is C24H22F3N5O2. The molecular weight excluding hydrogens is 447 g/mol. The van der Waals surface area contributed by atoms with E-state index in [1.807, 2.05) is 19.9 Å². The number of likely N-dealkylation sites (tertiary alicyclic amines) is 1. The van der Waals surface area contributed by atoms with Gasteiger partial charge in [0.25, 0.3) is 5.91 Å². The van der Waals surface area contributed by atoms with Crippen LogP contribution >= 0.6 is 0 Å². The molecule has 1 fully saturated rings. The zero-order valence-corrected chi connectivity index (χ0v) is 18.6. The van der Waals surface area contributed by atoms with Crippen LogP contribution in [0.3, 0.4) is 0 Å². The fourth-order valence-corrected chi connectivity index (χ4v) is 4.27. The van der Waals surface area contributed by atoms with Crippen LogP contribution in [0.4, 0.5) is 13.2 Å². The van der Waals surface area contributed by atoms with Crippen LogP contribution in [-0.2, 0) is 6.18 Å². The van der Waals surface area contributed by atoms with Gasteiger partial charge in [0.15, 0.2) is 17.1 Å². The average molecular weight is 469 g/mol. The lowest BCUT2D eigenvalue weighted by Crippen LogP contribution is -2.30. The summed E-state index contributed by atoms with van der Waals surface area (Å²) in [5, 5.41) is 7.97. The number of amides is 1. The third-order valence-corrected chi connectivity index (χ3v) is 6.04. The number of fused-ring (bicyclic) bond motifs is 1. The number of benzene rings is 1. The average Bonchev–Trinajstić information content (AvgIpc) is 3.56. The van der Waals surface area contributed by atoms with E-state index < -0.39 is 17.8 Å². The maximum Gasteiger partial charge on any atom is 0.433 e. The Kier molecular flexibility index (Phi) is 5.38. The highest BCUT2D eigenvalue weighted by atomic mass is 19.4. The summed E-state index contributed by atoms with van der Waals surface area (Å²) in [7, 11) is 0. The van der Waals surface area contributed by atoms with Crippen molar-refractivity contribution in [3.8, 4) is 11.3 Å². The highest BCUT2D eigenvalue weighted by Gasteiger charge is 2.38. The van der Waals surface area contributed by atoms with Crippen molar-refractivity contribution < 1.29 is 22.5 Å². The first kappa shape index (κ1) is 22.1. The topological polar surface area (TPSA) is 76.5 Å². The number of rotatable bonds is 4. The van der Waals surface area contributed by atoms with Crippen LogP contribution in [0.5, 0.6) is 0 Å². The van der Waals surface area contributed by atoms with Crippen LogP contribution in [0, 0.1) is 0 Å². The normalized spacial score (nSPS) is 16.6. The molecule has 176 valence electrons. The number of carbonyl (C=O) groups is 1. The number of halogens is 3. The molecule has 0 aliphatic carbocycles. The second kappa shape index (κ2) is 8.27. The molecule has 0 saturated carbocycles. The van der Waals surface area contributed by atoms with E-state index in [9.17, 15) is 18.0 Å². The van der Waals surface area contributed by atoms with Crippen LogP contribution in [0.1, 0.15) is 66.2 Å². The van der Waals surface area contributed by atoms with Gasteiger partial charge in [0.2, 0.25) is 0 Å². The van der Waals surface area contributed by atoms with E-state index in [2.05, 4.69) is 15.2 Å². The Bertz CT molecular complexity index is 1340. The van der Waals surface area contributed by atoms with Gasteiger partial charge in [-0.15, -0.1) is 0 Å². The first-order chi connectivity index (χ1) is 16.2. The maximum absolute atomic E-state index is 13.9. The zero-order chi connectivity index (χ0) is 24.0. The van der Waals surface area contributed by atoms with Gasteiger partial charge in [0.05, 0.1) is 23.6 Å². The number of aromatic nitrogens is 4. The summed E-state index contributed by atoms with van der Waals surface area (Å²) in [4.78, 5) is 19.6. The third kappa shape index (κ3) is 3.82. The summed E-state index contributed by atoms with van der Waals surface area (Å²) in [6, 6.07) is 11.0. The molecule has 0 spiro atoms. The highest BCUT2D eigenvalue weighted by Crippen LogP contribution is 2.36. The number of hydrogen-bond acceptors (Lipinski definition) is 5. The minimum Gasteiger partial charge on any atom is -0.359 e. The van der Waals surface area contributed by atoms with Gasteiger partial charge in [0, 0.05) is 18.2 Å². The fraction of sp³-hybridized carbons (Fsp3) is 0.333. The summed E-state index contributed by atoms with van der Waals surface area (Å²) in [6.45, 7) is 4.43. The Morgan fingerprint density at radius 2 is 1.94 bits per heavy atom. The first-order valence-corrected chi connectivity index (χ1v) is 11.0. The summed E-state index contributed by atoms with van der Waals surface area (Å²) < 4.78 is 47.8. The van der Waals surface area contributed by atoms with Gasteiger partial charge in [0.1, 0.15) is 5.56 Å². The SMILES string of the molecule is CC(C)c1cc([C@H]2CCCN2C(=O)c2cnn3c(C(F)(F)F)cc(-c4ccccc4)nc23)on1. The predicted octanol–water partition coefficient (Wildman–Crippen LogP) is 5.50. The molecule has 0 bridgehead atoms. The number of alkyl halides is 3. The molecule has 1 amide bonds. The molecule has 1 aliphatic rings. The summed E-state index contributed by atoms with van der Waals surface area (Å²) in [6.07, 6.45) is -2.11. The smallest absolute Gasteiger partial charge is 0.359 e. The van der Waals surface area contributed by atoms with Crippen molar-refractivity contribution in [3.63, 3.8) is 0 Å². The minimum absolute atomic E-state index is 0.0128. The summed E-state index contributed by atoms with van der Waals surface area (Å²) in [5.74, 6) is 0.301. The van der Waals surface area contributed by atoms with Gasteiger partial charge in [-0.2, -0.15) is 18.3 Å². The van der Waals surface area contributed by atoms with Crippen LogP contribution in [0.15, 0.2) is 53.2 Å². The molecule has 1 saturated heterocycles. The molecule has 0 radical (unpaired) electrons. The lowest BCUT2D eigenvalue weighted by atomic mass is 10.1. The zero-order valence-electron chi connectivity index (χ0n) is 18.6. The summed E-state index contributed by atoms with van der Waals surface area (Å²) >= 11 is 0. The molecule has 3 aromatic heterocycles. The molecule has 10 heteroatoms. The molecule has 34 heavy (non-hydrogen) atoms. The van der Waals surface area contributed by atoms with E-state index in [1.165, 1.54) is 0 Å². The van der Waals surface area contributed by atoms with Gasteiger partial charge in [-0.1, -0.05) is 49.3 Å². The minimum atomic E-state index is -4.68. The van der Waals surface area contributed by atoms with Crippen molar-refractivity contribution >= 4 is 11.6 Å². The van der Waals surface area contributed by atoms with Gasteiger partial charge in [-0.25, -0.2) is 9.50 Å². The van der Waals surface area contributed by atoms with E-state index in [-0.39, 0.29) is 28.9 Å². The third-order valence-electron chi connectivity index (χ3n) is 6.04. The van der Waals surface area contributed by atoms with Crippen molar-refractivity contribution in [2.45, 2.75) is 44.8 Å². The fourth-order valence-electron chi connectivity index (χ4n) is 4.27. The van der Waals surface area contributed by atoms with E-state index in [0.29, 0.717) is 28.8 Å². The van der Waals surface area contributed by atoms with Crippen molar-refractivity contribution in [2.24, 2.45) is 0 Å². The monoisotopic (exact) mass is 469 g/mol. The van der Waals surface area contributed by atoms with Crippen LogP contribution in [0.2, 0.25) is 0 Å². The standard InChI is InChI=1S/C24H22F3N5O2/c1-14(2)17-11-20(34-30-17)19-9-6-10-31(19)23(33)16-13-28-32-21(24(25,26)27)12-18(29-22(16)32)15-7-4-3-5-8-15/h3-5,7-8,11-14,19H,6,9-10H2,1-2H3/t19-/m1/s1. The lowest BCUT2D eigenvalue weighted by molar-refractivity contribution is -0.142. The largest absolute Gasteiger partial charge is 0.433 e. The van der Waals surface area contributed by atoms with Crippen molar-refractivity contribution in [1.82, 2.24) is 24.7 Å². The Morgan fingerprint density at radius 3 is 2.62 bits per heavy atom. The second-order valence-corrected chi connectivity index (χ2v) is 8.65. The van der Waals surface area contributed by atoms with E-state index in [0.717, 1.165) is 24.4 Å². The Morgan fingerprint density at radius 1 is 1.18 bits per heavy atom. The van der Waals surface area contributed by atoms with Crippen LogP contribution in [0.25, 0.3) is 16.9 Å². The molecule has 1 aromatic carbocycles. The number of nitrogens with zero attached hydrogens (tertiary/aromatic N) is 5. The second-order valence-electron chi connectivity index (χ2n) is 8.65. The Balaban J connectivity index is 1.58. The molecule has 4 aromatic rings. The molecule has 1 atom stereocenters.